The molecule has 0 amide bonds. The van der Waals surface area contributed by atoms with Crippen LogP contribution in [0.1, 0.15) is 18.5 Å². The van der Waals surface area contributed by atoms with Gasteiger partial charge in [-0.1, -0.05) is 23.2 Å². The number of nitrogens with two attached hydrogens (primary N) is 1. The van der Waals surface area contributed by atoms with Crippen LogP contribution in [0, 0.1) is 0 Å². The fourth-order valence-corrected chi connectivity index (χ4v) is 2.24. The number of hydrogen-bond acceptors (Lipinski definition) is 2. The summed E-state index contributed by atoms with van der Waals surface area (Å²) in [7, 11) is 0. The summed E-state index contributed by atoms with van der Waals surface area (Å²) in [5.41, 5.74) is 5.00. The van der Waals surface area contributed by atoms with Crippen LogP contribution in [0.15, 0.2) is 12.1 Å². The van der Waals surface area contributed by atoms with Crippen LogP contribution >= 0.6 is 23.2 Å². The van der Waals surface area contributed by atoms with Gasteiger partial charge in [0.25, 0.3) is 5.92 Å². The molecule has 1 fully saturated rings. The predicted molar refractivity (Wildman–Crippen MR) is 54.3 cm³/mol. The minimum absolute atomic E-state index is 0.164. The molecule has 0 spiro atoms. The molecular weight excluding hydrogens is 245 g/mol. The molecule has 0 aromatic carbocycles. The van der Waals surface area contributed by atoms with Crippen molar-refractivity contribution >= 4 is 23.2 Å². The summed E-state index contributed by atoms with van der Waals surface area (Å²) in [5.74, 6) is -2.70. The average molecular weight is 253 g/mol. The predicted octanol–water partition coefficient (Wildman–Crippen LogP) is 2.97. The van der Waals surface area contributed by atoms with Gasteiger partial charge in [0.15, 0.2) is 0 Å². The van der Waals surface area contributed by atoms with Crippen molar-refractivity contribution in [3.05, 3.63) is 28.0 Å². The molecule has 1 aromatic rings. The first-order valence-electron chi connectivity index (χ1n) is 4.31. The second-order valence-corrected chi connectivity index (χ2v) is 4.68. The van der Waals surface area contributed by atoms with Gasteiger partial charge in [-0.15, -0.1) is 0 Å². The Morgan fingerprint density at radius 2 is 1.87 bits per heavy atom. The van der Waals surface area contributed by atoms with E-state index in [1.165, 1.54) is 12.1 Å². The number of alkyl halides is 2. The van der Waals surface area contributed by atoms with E-state index in [0.29, 0.717) is 10.7 Å². The minimum Gasteiger partial charge on any atom is -0.320 e. The zero-order chi connectivity index (χ0) is 11.3. The first-order valence-corrected chi connectivity index (χ1v) is 5.07. The Kier molecular flexibility index (Phi) is 2.41. The first-order chi connectivity index (χ1) is 6.81. The number of rotatable bonds is 1. The zero-order valence-corrected chi connectivity index (χ0v) is 9.12. The van der Waals surface area contributed by atoms with Gasteiger partial charge >= 0.3 is 0 Å². The van der Waals surface area contributed by atoms with Crippen LogP contribution in [0.3, 0.4) is 0 Å². The molecule has 0 aliphatic heterocycles. The molecule has 0 radical (unpaired) electrons. The van der Waals surface area contributed by atoms with E-state index in [1.54, 1.807) is 0 Å². The van der Waals surface area contributed by atoms with Crippen molar-refractivity contribution in [3.8, 4) is 0 Å². The van der Waals surface area contributed by atoms with Gasteiger partial charge < -0.3 is 5.73 Å². The lowest BCUT2D eigenvalue weighted by Gasteiger charge is -2.43. The topological polar surface area (TPSA) is 38.9 Å². The lowest BCUT2D eigenvalue weighted by atomic mass is 9.72. The quantitative estimate of drug-likeness (QED) is 0.781. The van der Waals surface area contributed by atoms with E-state index in [1.807, 2.05) is 0 Å². The average Bonchev–Trinajstić information content (AvgIpc) is 1.98. The molecule has 0 bridgehead atoms. The molecule has 0 unspecified atom stereocenters. The van der Waals surface area contributed by atoms with E-state index in [4.69, 9.17) is 28.9 Å². The fourth-order valence-electron chi connectivity index (χ4n) is 1.77. The number of hydrogen-bond donors (Lipinski definition) is 1. The summed E-state index contributed by atoms with van der Waals surface area (Å²) in [6, 6.07) is 2.91. The largest absolute Gasteiger partial charge is 0.320 e. The van der Waals surface area contributed by atoms with E-state index in [9.17, 15) is 8.78 Å². The van der Waals surface area contributed by atoms with Crippen molar-refractivity contribution in [1.29, 1.82) is 0 Å². The van der Waals surface area contributed by atoms with Gasteiger partial charge in [0.05, 0.1) is 11.2 Å². The number of pyridine rings is 1. The summed E-state index contributed by atoms with van der Waals surface area (Å²) in [4.78, 5) is 3.92. The molecule has 1 heterocycles. The summed E-state index contributed by atoms with van der Waals surface area (Å²) in [6.07, 6.45) is -0.826. The van der Waals surface area contributed by atoms with Crippen molar-refractivity contribution in [3.63, 3.8) is 0 Å². The first kappa shape index (κ1) is 11.0. The number of halogens is 4. The van der Waals surface area contributed by atoms with Crippen molar-refractivity contribution in [2.45, 2.75) is 24.3 Å². The highest BCUT2D eigenvalue weighted by molar-refractivity contribution is 6.33. The summed E-state index contributed by atoms with van der Waals surface area (Å²) >= 11 is 11.4. The van der Waals surface area contributed by atoms with E-state index < -0.39 is 24.3 Å². The molecular formula is C9H8Cl2F2N2. The molecule has 2 rings (SSSR count). The summed E-state index contributed by atoms with van der Waals surface area (Å²) in [5, 5.41) is 0.516. The Morgan fingerprint density at radius 3 is 2.33 bits per heavy atom. The molecule has 1 saturated carbocycles. The maximum absolute atomic E-state index is 12.7. The third-order valence-electron chi connectivity index (χ3n) is 2.42. The molecule has 0 saturated heterocycles. The zero-order valence-electron chi connectivity index (χ0n) is 7.61. The SMILES string of the molecule is NC1(c2cc(Cl)cc(Cl)n2)CC(F)(F)C1. The highest BCUT2D eigenvalue weighted by Crippen LogP contribution is 2.49. The standard InChI is InChI=1S/C9H8Cl2F2N2/c10-5-1-6(15-7(11)2-5)8(14)3-9(12,13)4-8/h1-2H,3-4,14H2. The third-order valence-corrected chi connectivity index (χ3v) is 2.83. The van der Waals surface area contributed by atoms with Gasteiger partial charge in [-0.05, 0) is 12.1 Å². The molecule has 0 atom stereocenters. The smallest absolute Gasteiger partial charge is 0.252 e. The molecule has 2 nitrogen and oxygen atoms in total. The highest BCUT2D eigenvalue weighted by atomic mass is 35.5. The number of aromatic nitrogens is 1. The third kappa shape index (κ3) is 2.07. The minimum atomic E-state index is -2.70. The van der Waals surface area contributed by atoms with Crippen LogP contribution in [0.25, 0.3) is 0 Å². The van der Waals surface area contributed by atoms with Crippen LogP contribution in [0.5, 0.6) is 0 Å². The van der Waals surface area contributed by atoms with Crippen LogP contribution in [0.2, 0.25) is 10.2 Å². The van der Waals surface area contributed by atoms with Crippen molar-refractivity contribution in [2.24, 2.45) is 5.73 Å². The Hall–Kier alpha value is -0.450. The Bertz CT molecular complexity index is 381. The second-order valence-electron chi connectivity index (χ2n) is 3.86. The van der Waals surface area contributed by atoms with Gasteiger partial charge in [0.1, 0.15) is 5.15 Å². The molecule has 2 N–H and O–H groups in total. The van der Waals surface area contributed by atoms with Crippen LogP contribution in [-0.2, 0) is 5.54 Å². The Labute approximate surface area is 95.4 Å². The normalized spacial score (nSPS) is 22.2. The lowest BCUT2D eigenvalue weighted by molar-refractivity contribution is -0.126. The van der Waals surface area contributed by atoms with E-state index in [2.05, 4.69) is 4.98 Å². The van der Waals surface area contributed by atoms with Gasteiger partial charge in [-0.2, -0.15) is 0 Å². The van der Waals surface area contributed by atoms with Crippen molar-refractivity contribution in [2.75, 3.05) is 0 Å². The van der Waals surface area contributed by atoms with Crippen LogP contribution < -0.4 is 5.73 Å². The van der Waals surface area contributed by atoms with E-state index in [-0.39, 0.29) is 5.15 Å². The summed E-state index contributed by atoms with van der Waals surface area (Å²) < 4.78 is 25.5. The highest BCUT2D eigenvalue weighted by Gasteiger charge is 2.56. The van der Waals surface area contributed by atoms with Crippen molar-refractivity contribution < 1.29 is 8.78 Å². The van der Waals surface area contributed by atoms with E-state index >= 15 is 0 Å². The maximum atomic E-state index is 12.7. The van der Waals surface area contributed by atoms with E-state index in [0.717, 1.165) is 0 Å². The van der Waals surface area contributed by atoms with Gasteiger partial charge in [0, 0.05) is 17.9 Å². The second kappa shape index (κ2) is 3.27. The molecule has 1 aromatic heterocycles. The maximum Gasteiger partial charge on any atom is 0.252 e. The van der Waals surface area contributed by atoms with Gasteiger partial charge in [0.2, 0.25) is 0 Å². The monoisotopic (exact) mass is 252 g/mol. The summed E-state index contributed by atoms with van der Waals surface area (Å²) in [6.45, 7) is 0. The Balaban J connectivity index is 2.31. The molecule has 1 aliphatic rings. The van der Waals surface area contributed by atoms with Crippen LogP contribution in [0.4, 0.5) is 8.78 Å². The molecule has 15 heavy (non-hydrogen) atoms. The fraction of sp³-hybridized carbons (Fsp3) is 0.444. The number of nitrogens with zero attached hydrogens (tertiary/aromatic N) is 1. The molecule has 1 aliphatic carbocycles. The Morgan fingerprint density at radius 1 is 1.27 bits per heavy atom. The van der Waals surface area contributed by atoms with Gasteiger partial charge in [-0.3, -0.25) is 0 Å². The molecule has 6 heteroatoms. The lowest BCUT2D eigenvalue weighted by Crippen LogP contribution is -2.55. The van der Waals surface area contributed by atoms with Crippen molar-refractivity contribution in [1.82, 2.24) is 4.98 Å². The van der Waals surface area contributed by atoms with Crippen LogP contribution in [-0.4, -0.2) is 10.9 Å². The van der Waals surface area contributed by atoms with Gasteiger partial charge in [-0.25, -0.2) is 13.8 Å². The molecule has 82 valence electrons.